The van der Waals surface area contributed by atoms with Crippen molar-refractivity contribution in [1.29, 1.82) is 0 Å². The predicted molar refractivity (Wildman–Crippen MR) is 296 cm³/mol. The zero-order valence-corrected chi connectivity index (χ0v) is 45.3. The highest BCUT2D eigenvalue weighted by Crippen LogP contribution is 2.12. The van der Waals surface area contributed by atoms with Crippen LogP contribution in [0.2, 0.25) is 0 Å². The Kier molecular flexibility index (Phi) is 48.4. The Balaban J connectivity index is 4.46. The van der Waals surface area contributed by atoms with Gasteiger partial charge in [0.1, 0.15) is 13.2 Å². The van der Waals surface area contributed by atoms with Crippen LogP contribution in [0.1, 0.15) is 181 Å². The maximum atomic E-state index is 12.8. The van der Waals surface area contributed by atoms with Gasteiger partial charge in [-0.05, 0) is 116 Å². The van der Waals surface area contributed by atoms with Crippen molar-refractivity contribution in [3.63, 3.8) is 0 Å². The van der Waals surface area contributed by atoms with Crippen molar-refractivity contribution in [1.82, 2.24) is 0 Å². The molecule has 2 atom stereocenters. The van der Waals surface area contributed by atoms with Crippen LogP contribution in [0, 0.1) is 0 Å². The van der Waals surface area contributed by atoms with Gasteiger partial charge in [0.05, 0.1) is 40.3 Å². The molecule has 71 heavy (non-hydrogen) atoms. The second-order valence-corrected chi connectivity index (χ2v) is 18.8. The minimum atomic E-state index is -1.65. The van der Waals surface area contributed by atoms with Gasteiger partial charge in [0.15, 0.2) is 12.4 Å². The van der Waals surface area contributed by atoms with E-state index in [9.17, 15) is 19.5 Å². The fourth-order valence-electron chi connectivity index (χ4n) is 6.67. The third-order valence-electron chi connectivity index (χ3n) is 10.9. The first-order chi connectivity index (χ1) is 34.6. The molecule has 9 nitrogen and oxygen atoms in total. The predicted octanol–water partition coefficient (Wildman–Crippen LogP) is 14.6. The number of allylic oxidation sites excluding steroid dienone is 22. The lowest BCUT2D eigenvalue weighted by Crippen LogP contribution is -2.44. The first-order valence-electron chi connectivity index (χ1n) is 27.3. The average molecular weight is 986 g/mol. The van der Waals surface area contributed by atoms with E-state index < -0.39 is 24.3 Å². The molecule has 0 saturated heterocycles. The Labute approximate surface area is 433 Å². The van der Waals surface area contributed by atoms with E-state index >= 15 is 0 Å². The van der Waals surface area contributed by atoms with Crippen molar-refractivity contribution < 1.29 is 42.9 Å². The summed E-state index contributed by atoms with van der Waals surface area (Å²) in [6, 6.07) is 0. The van der Waals surface area contributed by atoms with Crippen molar-refractivity contribution in [3.8, 4) is 0 Å². The number of carbonyl (C=O) groups excluding carboxylic acids is 3. The van der Waals surface area contributed by atoms with Gasteiger partial charge < -0.3 is 33.3 Å². The van der Waals surface area contributed by atoms with E-state index in [1.807, 2.05) is 21.1 Å². The van der Waals surface area contributed by atoms with Crippen molar-refractivity contribution in [2.24, 2.45) is 0 Å². The number of ether oxygens (including phenoxy) is 4. The first-order valence-corrected chi connectivity index (χ1v) is 27.3. The Morgan fingerprint density at radius 1 is 0.437 bits per heavy atom. The largest absolute Gasteiger partial charge is 0.545 e. The van der Waals surface area contributed by atoms with Crippen molar-refractivity contribution in [3.05, 3.63) is 134 Å². The summed E-state index contributed by atoms with van der Waals surface area (Å²) in [5, 5.41) is 11.8. The standard InChI is InChI=1S/C62H99NO8/c1-6-8-10-12-14-16-18-20-22-24-26-27-28-29-30-31-32-33-35-37-39-41-43-45-47-49-51-53-60(65)71-58(57-70-62(61(66)67)68-55-54-63(3,4)5)56-69-59(64)52-50-48-46-44-42-40-38-36-34-25-23-21-19-17-15-13-11-9-7-2/h8,10,14-17,20-23,26-27,29-30,32-34,36-37,39,43,45,58,62H,6-7,9,11-13,18-19,24-25,28,31,35,38,40-42,44,46-57H2,1-5H3/b10-8-,16-14-,17-15-,22-20-,23-21-,27-26-,30-29-,33-32-,36-34-,39-37-,45-43-. The molecule has 2 unspecified atom stereocenters. The van der Waals surface area contributed by atoms with E-state index in [0.29, 0.717) is 23.9 Å². The molecule has 0 aromatic heterocycles. The van der Waals surface area contributed by atoms with E-state index in [0.717, 1.165) is 116 Å². The smallest absolute Gasteiger partial charge is 0.306 e. The SMILES string of the molecule is CC/C=C\C/C=C\C/C=C\C/C=C\C/C=C\C/C=C\C/C=C\C/C=C\CCCCC(=O)OC(COC(=O)CCCCCCCC/C=C\C/C=C\C/C=C\CCCCC)COC(OCC[N+](C)(C)C)C(=O)[O-]. The van der Waals surface area contributed by atoms with E-state index in [-0.39, 0.29) is 38.6 Å². The number of carboxylic acid groups (broad SMARTS) is 1. The number of hydrogen-bond donors (Lipinski definition) is 0. The Bertz CT molecular complexity index is 1620. The van der Waals surface area contributed by atoms with Gasteiger partial charge in [-0.15, -0.1) is 0 Å². The minimum absolute atomic E-state index is 0.128. The van der Waals surface area contributed by atoms with Gasteiger partial charge in [-0.3, -0.25) is 9.59 Å². The van der Waals surface area contributed by atoms with E-state index in [4.69, 9.17) is 18.9 Å². The van der Waals surface area contributed by atoms with Crippen molar-refractivity contribution in [2.75, 3.05) is 47.5 Å². The highest BCUT2D eigenvalue weighted by molar-refractivity contribution is 5.70. The second kappa shape index (κ2) is 51.8. The zero-order chi connectivity index (χ0) is 52.0. The lowest BCUT2D eigenvalue weighted by atomic mass is 10.1. The summed E-state index contributed by atoms with van der Waals surface area (Å²) >= 11 is 0. The highest BCUT2D eigenvalue weighted by atomic mass is 16.7. The van der Waals surface area contributed by atoms with Crippen LogP contribution < -0.4 is 5.11 Å². The number of rotatable bonds is 48. The molecule has 0 spiro atoms. The van der Waals surface area contributed by atoms with Gasteiger partial charge in [0.25, 0.3) is 0 Å². The molecule has 9 heteroatoms. The Morgan fingerprint density at radius 3 is 1.23 bits per heavy atom. The van der Waals surface area contributed by atoms with Crippen LogP contribution in [0.4, 0.5) is 0 Å². The third-order valence-corrected chi connectivity index (χ3v) is 10.9. The maximum Gasteiger partial charge on any atom is 0.306 e. The Hall–Kier alpha value is -4.57. The molecule has 0 N–H and O–H groups in total. The number of aliphatic carboxylic acids is 1. The summed E-state index contributed by atoms with van der Waals surface area (Å²) in [7, 11) is 5.88. The van der Waals surface area contributed by atoms with Crippen LogP contribution in [-0.4, -0.2) is 82.3 Å². The molecule has 0 aliphatic carbocycles. The van der Waals surface area contributed by atoms with E-state index in [1.165, 1.54) is 25.7 Å². The van der Waals surface area contributed by atoms with Gasteiger partial charge in [-0.25, -0.2) is 0 Å². The van der Waals surface area contributed by atoms with E-state index in [2.05, 4.69) is 148 Å². The highest BCUT2D eigenvalue weighted by Gasteiger charge is 2.21. The molecule has 400 valence electrons. The summed E-state index contributed by atoms with van der Waals surface area (Å²) < 4.78 is 22.6. The Morgan fingerprint density at radius 2 is 0.803 bits per heavy atom. The van der Waals surface area contributed by atoms with E-state index in [1.54, 1.807) is 0 Å². The molecule has 0 aliphatic heterocycles. The van der Waals surface area contributed by atoms with Crippen molar-refractivity contribution in [2.45, 2.75) is 193 Å². The fraction of sp³-hybridized carbons (Fsp3) is 0.597. The number of hydrogen-bond acceptors (Lipinski definition) is 8. The lowest BCUT2D eigenvalue weighted by Gasteiger charge is -2.26. The van der Waals surface area contributed by atoms with Crippen LogP contribution in [0.25, 0.3) is 0 Å². The van der Waals surface area contributed by atoms with Crippen LogP contribution in [0.3, 0.4) is 0 Å². The fourth-order valence-corrected chi connectivity index (χ4v) is 6.67. The zero-order valence-electron chi connectivity index (χ0n) is 45.3. The summed E-state index contributed by atoms with van der Waals surface area (Å²) in [6.45, 7) is 4.51. The van der Waals surface area contributed by atoms with Gasteiger partial charge in [-0.2, -0.15) is 0 Å². The molecule has 0 radical (unpaired) electrons. The summed E-state index contributed by atoms with van der Waals surface area (Å²) in [5.41, 5.74) is 0. The van der Waals surface area contributed by atoms with Crippen LogP contribution in [0.15, 0.2) is 134 Å². The third kappa shape index (κ3) is 53.1. The number of carboxylic acids is 1. The topological polar surface area (TPSA) is 111 Å². The minimum Gasteiger partial charge on any atom is -0.545 e. The maximum absolute atomic E-state index is 12.8. The molecule has 0 fully saturated rings. The van der Waals surface area contributed by atoms with Crippen LogP contribution >= 0.6 is 0 Å². The second-order valence-electron chi connectivity index (χ2n) is 18.8. The molecular formula is C62H99NO8. The van der Waals surface area contributed by atoms with Crippen molar-refractivity contribution >= 4 is 17.9 Å². The van der Waals surface area contributed by atoms with Crippen LogP contribution in [-0.2, 0) is 33.3 Å². The first kappa shape index (κ1) is 66.4. The number of unbranched alkanes of at least 4 members (excludes halogenated alkanes) is 11. The summed E-state index contributed by atoms with van der Waals surface area (Å²) in [4.78, 5) is 37.2. The van der Waals surface area contributed by atoms with Gasteiger partial charge in [0, 0.05) is 12.8 Å². The van der Waals surface area contributed by atoms with Gasteiger partial charge in [0.2, 0.25) is 0 Å². The molecule has 0 aromatic rings. The summed E-state index contributed by atoms with van der Waals surface area (Å²) in [6.07, 6.45) is 70.6. The summed E-state index contributed by atoms with van der Waals surface area (Å²) in [5.74, 6) is -2.38. The molecule has 0 rings (SSSR count). The number of carbonyl (C=O) groups is 3. The molecule has 0 aromatic carbocycles. The average Bonchev–Trinajstić information content (AvgIpc) is 3.34. The number of esters is 2. The quantitative estimate of drug-likeness (QED) is 0.0195. The molecular weight excluding hydrogens is 887 g/mol. The number of likely N-dealkylation sites (N-methyl/N-ethyl adjacent to an activating group) is 1. The van der Waals surface area contributed by atoms with Gasteiger partial charge >= 0.3 is 11.9 Å². The normalized spacial score (nSPS) is 13.9. The monoisotopic (exact) mass is 986 g/mol. The molecule has 0 heterocycles. The molecule has 0 bridgehead atoms. The number of quaternary nitrogens is 1. The van der Waals surface area contributed by atoms with Gasteiger partial charge in [-0.1, -0.05) is 186 Å². The molecule has 0 saturated carbocycles. The number of nitrogens with zero attached hydrogens (tertiary/aromatic N) is 1. The van der Waals surface area contributed by atoms with Crippen LogP contribution in [0.5, 0.6) is 0 Å². The lowest BCUT2D eigenvalue weighted by molar-refractivity contribution is -0.870. The molecule has 0 aliphatic rings. The molecule has 0 amide bonds.